The fourth-order valence-corrected chi connectivity index (χ4v) is 5.76. The zero-order chi connectivity index (χ0) is 22.5. The number of nitrogens with one attached hydrogen (secondary N) is 1. The van der Waals surface area contributed by atoms with Crippen LogP contribution in [0.15, 0.2) is 24.3 Å². The molecule has 1 amide bonds. The van der Waals surface area contributed by atoms with Crippen molar-refractivity contribution in [3.8, 4) is 0 Å². The Labute approximate surface area is 190 Å². The summed E-state index contributed by atoms with van der Waals surface area (Å²) in [4.78, 5) is 37.2. The summed E-state index contributed by atoms with van der Waals surface area (Å²) in [7, 11) is 0. The van der Waals surface area contributed by atoms with E-state index in [9.17, 15) is 14.4 Å². The smallest absolute Gasteiger partial charge is 0.338 e. The van der Waals surface area contributed by atoms with Crippen LogP contribution in [-0.2, 0) is 19.1 Å². The topological polar surface area (TPSA) is 81.7 Å². The fourth-order valence-electron chi connectivity index (χ4n) is 5.76. The average Bonchev–Trinajstić information content (AvgIpc) is 3.41. The molecule has 6 heteroatoms. The molecule has 5 atom stereocenters. The van der Waals surface area contributed by atoms with Crippen LogP contribution in [0.4, 0.5) is 5.69 Å². The molecule has 174 valence electrons. The van der Waals surface area contributed by atoms with E-state index in [1.54, 1.807) is 24.3 Å². The second kappa shape index (κ2) is 10.5. The van der Waals surface area contributed by atoms with Crippen molar-refractivity contribution >= 4 is 23.5 Å². The van der Waals surface area contributed by atoms with Gasteiger partial charge in [0, 0.05) is 11.6 Å². The first-order valence-corrected chi connectivity index (χ1v) is 12.4. The predicted molar refractivity (Wildman–Crippen MR) is 121 cm³/mol. The Morgan fingerprint density at radius 2 is 1.69 bits per heavy atom. The Morgan fingerprint density at radius 1 is 1.00 bits per heavy atom. The molecule has 6 nitrogen and oxygen atoms in total. The van der Waals surface area contributed by atoms with Crippen molar-refractivity contribution in [2.75, 3.05) is 11.9 Å². The highest BCUT2D eigenvalue weighted by molar-refractivity contribution is 5.97. The van der Waals surface area contributed by atoms with Gasteiger partial charge in [0.2, 0.25) is 5.91 Å². The van der Waals surface area contributed by atoms with E-state index in [2.05, 4.69) is 12.2 Å². The standard InChI is InChI=1S/C26H35NO5/c1-2-3-4-5-6-7-8-9-14-31-25(29)17-10-12-19(13-11-17)27-24(28)22-18-15-20-21(16-18)32-26(30)23(20)22/h10-13,18,20-23H,2-9,14-16H2,1H3,(H,27,28)/t18-,20+,21-,22-,23+/m1/s1. The summed E-state index contributed by atoms with van der Waals surface area (Å²) in [6.45, 7) is 2.66. The minimum atomic E-state index is -0.335. The van der Waals surface area contributed by atoms with E-state index >= 15 is 0 Å². The van der Waals surface area contributed by atoms with E-state index in [4.69, 9.17) is 9.47 Å². The van der Waals surface area contributed by atoms with Crippen LogP contribution in [-0.4, -0.2) is 30.6 Å². The summed E-state index contributed by atoms with van der Waals surface area (Å²) in [6, 6.07) is 6.78. The molecule has 32 heavy (non-hydrogen) atoms. The van der Waals surface area contributed by atoms with E-state index < -0.39 is 0 Å². The molecular weight excluding hydrogens is 406 g/mol. The minimum Gasteiger partial charge on any atom is -0.462 e. The van der Waals surface area contributed by atoms with E-state index in [-0.39, 0.29) is 47.6 Å². The Morgan fingerprint density at radius 3 is 2.41 bits per heavy atom. The monoisotopic (exact) mass is 441 g/mol. The quantitative estimate of drug-likeness (QED) is 0.360. The summed E-state index contributed by atoms with van der Waals surface area (Å²) in [5, 5.41) is 2.92. The predicted octanol–water partition coefficient (Wildman–Crippen LogP) is 5.12. The summed E-state index contributed by atoms with van der Waals surface area (Å²) >= 11 is 0. The normalized spacial score (nSPS) is 27.4. The fraction of sp³-hybridized carbons (Fsp3) is 0.654. The Bertz CT molecular complexity index is 818. The second-order valence-electron chi connectivity index (χ2n) is 9.60. The van der Waals surface area contributed by atoms with Gasteiger partial charge in [-0.1, -0.05) is 51.9 Å². The lowest BCUT2D eigenvalue weighted by molar-refractivity contribution is -0.145. The van der Waals surface area contributed by atoms with Crippen LogP contribution in [0.5, 0.6) is 0 Å². The third kappa shape index (κ3) is 5.00. The molecule has 0 radical (unpaired) electrons. The number of unbranched alkanes of at least 4 members (excludes halogenated alkanes) is 7. The van der Waals surface area contributed by atoms with Gasteiger partial charge in [0.25, 0.3) is 0 Å². The van der Waals surface area contributed by atoms with E-state index in [0.29, 0.717) is 17.9 Å². The molecule has 1 saturated heterocycles. The second-order valence-corrected chi connectivity index (χ2v) is 9.60. The molecule has 2 saturated carbocycles. The molecule has 2 aliphatic carbocycles. The van der Waals surface area contributed by atoms with Gasteiger partial charge in [-0.15, -0.1) is 0 Å². The van der Waals surface area contributed by atoms with Crippen LogP contribution < -0.4 is 5.32 Å². The molecule has 0 aromatic heterocycles. The van der Waals surface area contributed by atoms with Crippen molar-refractivity contribution in [1.29, 1.82) is 0 Å². The molecule has 0 spiro atoms. The zero-order valence-electron chi connectivity index (χ0n) is 19.0. The van der Waals surface area contributed by atoms with Crippen LogP contribution in [0.2, 0.25) is 0 Å². The highest BCUT2D eigenvalue weighted by atomic mass is 16.6. The summed E-state index contributed by atoms with van der Waals surface area (Å²) in [5.74, 6) is -0.821. The van der Waals surface area contributed by atoms with E-state index in [0.717, 1.165) is 25.7 Å². The molecule has 1 aliphatic heterocycles. The van der Waals surface area contributed by atoms with Gasteiger partial charge >= 0.3 is 11.9 Å². The van der Waals surface area contributed by atoms with Crippen LogP contribution in [0.25, 0.3) is 0 Å². The van der Waals surface area contributed by atoms with E-state index in [1.165, 1.54) is 38.5 Å². The average molecular weight is 442 g/mol. The number of amides is 1. The SMILES string of the molecule is CCCCCCCCCCOC(=O)c1ccc(NC(=O)[C@@H]2[C@@H]3C[C@@H]4[C@@H]2C(=O)O[C@@H]4C3)cc1. The highest BCUT2D eigenvalue weighted by Gasteiger charge is 2.63. The van der Waals surface area contributed by atoms with Gasteiger partial charge in [-0.2, -0.15) is 0 Å². The number of benzene rings is 1. The number of carbonyl (C=O) groups is 3. The minimum absolute atomic E-state index is 0.0256. The maximum atomic E-state index is 12.8. The van der Waals surface area contributed by atoms with Gasteiger partial charge < -0.3 is 14.8 Å². The molecule has 1 N–H and O–H groups in total. The van der Waals surface area contributed by atoms with Gasteiger partial charge in [0.05, 0.1) is 24.0 Å². The number of carbonyl (C=O) groups excluding carboxylic acids is 3. The van der Waals surface area contributed by atoms with Crippen molar-refractivity contribution in [2.45, 2.75) is 77.2 Å². The summed E-state index contributed by atoms with van der Waals surface area (Å²) < 4.78 is 10.8. The van der Waals surface area contributed by atoms with Crippen LogP contribution in [0.3, 0.4) is 0 Å². The lowest BCUT2D eigenvalue weighted by Crippen LogP contribution is -2.35. The Balaban J connectivity index is 1.17. The number of esters is 2. The van der Waals surface area contributed by atoms with Gasteiger partial charge in [0.1, 0.15) is 6.10 Å². The summed E-state index contributed by atoms with van der Waals surface area (Å²) in [6.07, 6.45) is 11.4. The van der Waals surface area contributed by atoms with Gasteiger partial charge in [-0.05, 0) is 49.4 Å². The number of rotatable bonds is 12. The first-order valence-electron chi connectivity index (χ1n) is 12.4. The van der Waals surface area contributed by atoms with Crippen molar-refractivity contribution in [1.82, 2.24) is 0 Å². The van der Waals surface area contributed by atoms with Gasteiger partial charge in [0.15, 0.2) is 0 Å². The maximum Gasteiger partial charge on any atom is 0.338 e. The molecule has 3 fully saturated rings. The molecule has 3 aliphatic rings. The molecular formula is C26H35NO5. The highest BCUT2D eigenvalue weighted by Crippen LogP contribution is 2.57. The third-order valence-electron chi connectivity index (χ3n) is 7.41. The number of hydrogen-bond donors (Lipinski definition) is 1. The van der Waals surface area contributed by atoms with Crippen molar-refractivity contribution in [3.63, 3.8) is 0 Å². The Hall–Kier alpha value is -2.37. The zero-order valence-corrected chi connectivity index (χ0v) is 19.0. The molecule has 1 aromatic carbocycles. The molecule has 1 heterocycles. The van der Waals surface area contributed by atoms with Gasteiger partial charge in [-0.25, -0.2) is 4.79 Å². The van der Waals surface area contributed by atoms with Crippen molar-refractivity contribution in [3.05, 3.63) is 29.8 Å². The molecule has 4 rings (SSSR count). The van der Waals surface area contributed by atoms with Crippen LogP contribution >= 0.6 is 0 Å². The number of ether oxygens (including phenoxy) is 2. The van der Waals surface area contributed by atoms with Crippen molar-refractivity contribution in [2.24, 2.45) is 23.7 Å². The maximum absolute atomic E-state index is 12.8. The van der Waals surface area contributed by atoms with Crippen molar-refractivity contribution < 1.29 is 23.9 Å². The largest absolute Gasteiger partial charge is 0.462 e. The van der Waals surface area contributed by atoms with Crippen LogP contribution in [0, 0.1) is 23.7 Å². The number of fused-ring (bicyclic) bond motifs is 1. The first kappa shape index (κ1) is 22.8. The Kier molecular flexibility index (Phi) is 7.48. The molecule has 2 bridgehead atoms. The molecule has 0 unspecified atom stereocenters. The molecule has 1 aromatic rings. The van der Waals surface area contributed by atoms with Crippen LogP contribution in [0.1, 0.15) is 81.5 Å². The lowest BCUT2D eigenvalue weighted by atomic mass is 9.79. The lowest BCUT2D eigenvalue weighted by Gasteiger charge is -2.23. The summed E-state index contributed by atoms with van der Waals surface area (Å²) in [5.41, 5.74) is 1.10. The number of anilines is 1. The first-order chi connectivity index (χ1) is 15.6. The third-order valence-corrected chi connectivity index (χ3v) is 7.41. The van der Waals surface area contributed by atoms with Gasteiger partial charge in [-0.3, -0.25) is 9.59 Å². The van der Waals surface area contributed by atoms with E-state index in [1.807, 2.05) is 0 Å². The number of hydrogen-bond acceptors (Lipinski definition) is 5.